The molecule has 0 amide bonds. The van der Waals surface area contributed by atoms with Gasteiger partial charge in [0.25, 0.3) is 0 Å². The van der Waals surface area contributed by atoms with E-state index in [2.05, 4.69) is 15.3 Å². The molecule has 0 fully saturated rings. The molecule has 0 atom stereocenters. The van der Waals surface area contributed by atoms with Gasteiger partial charge in [0, 0.05) is 11.1 Å². The largest absolute Gasteiger partial charge is 0.341 e. The fourth-order valence-electron chi connectivity index (χ4n) is 1.65. The van der Waals surface area contributed by atoms with Crippen molar-refractivity contribution in [3.05, 3.63) is 41.9 Å². The number of hydrogen-bond donors (Lipinski definition) is 2. The lowest BCUT2D eigenvalue weighted by molar-refractivity contribution is 0.418. The second-order valence-corrected chi connectivity index (χ2v) is 5.45. The van der Waals surface area contributed by atoms with Crippen molar-refractivity contribution >= 4 is 0 Å². The molecule has 0 aliphatic heterocycles. The van der Waals surface area contributed by atoms with Gasteiger partial charge in [-0.3, -0.25) is 0 Å². The molecule has 2 rings (SSSR count). The minimum atomic E-state index is -0.860. The van der Waals surface area contributed by atoms with Gasteiger partial charge in [-0.15, -0.1) is 0 Å². The van der Waals surface area contributed by atoms with E-state index >= 15 is 0 Å². The average Bonchev–Trinajstić information content (AvgIpc) is 2.78. The molecule has 1 aromatic heterocycles. The number of H-pyrrole nitrogens is 1. The third-order valence-electron chi connectivity index (χ3n) is 2.66. The summed E-state index contributed by atoms with van der Waals surface area (Å²) in [7, 11) is 0. The lowest BCUT2D eigenvalue weighted by Crippen LogP contribution is -2.35. The average molecular weight is 265 g/mol. The van der Waals surface area contributed by atoms with Crippen LogP contribution in [0, 0.1) is 11.6 Å². The Balaban J connectivity index is 2.19. The van der Waals surface area contributed by atoms with E-state index in [1.54, 1.807) is 0 Å². The minimum absolute atomic E-state index is 0.0307. The van der Waals surface area contributed by atoms with Crippen LogP contribution in [-0.2, 0) is 6.54 Å². The molecule has 0 saturated heterocycles. The Morgan fingerprint density at radius 2 is 2.00 bits per heavy atom. The second-order valence-electron chi connectivity index (χ2n) is 5.45. The first-order chi connectivity index (χ1) is 8.87. The number of hydrogen-bond acceptors (Lipinski definition) is 2. The van der Waals surface area contributed by atoms with Crippen molar-refractivity contribution in [1.82, 2.24) is 15.3 Å². The third kappa shape index (κ3) is 3.38. The van der Waals surface area contributed by atoms with Gasteiger partial charge in [-0.2, -0.15) is 0 Å². The van der Waals surface area contributed by atoms with Gasteiger partial charge in [0.1, 0.15) is 5.82 Å². The second kappa shape index (κ2) is 5.09. The first kappa shape index (κ1) is 13.7. The van der Waals surface area contributed by atoms with Crippen molar-refractivity contribution in [3.63, 3.8) is 0 Å². The molecule has 1 aromatic carbocycles. The first-order valence-corrected chi connectivity index (χ1v) is 6.10. The van der Waals surface area contributed by atoms with Crippen molar-refractivity contribution in [2.45, 2.75) is 32.9 Å². The van der Waals surface area contributed by atoms with Crippen LogP contribution in [0.4, 0.5) is 8.78 Å². The zero-order valence-electron chi connectivity index (χ0n) is 11.2. The standard InChI is InChI=1S/C14H17F2N3/c1-14(2,3)18-8-12-17-7-11(19-12)9-5-4-6-10(15)13(9)16/h4-7,18H,8H2,1-3H3,(H,17,19). The number of nitrogens with zero attached hydrogens (tertiary/aromatic N) is 1. The molecular weight excluding hydrogens is 248 g/mol. The Morgan fingerprint density at radius 1 is 1.26 bits per heavy atom. The molecule has 0 saturated carbocycles. The van der Waals surface area contributed by atoms with Crippen molar-refractivity contribution in [2.75, 3.05) is 0 Å². The molecule has 1 heterocycles. The first-order valence-electron chi connectivity index (χ1n) is 6.10. The van der Waals surface area contributed by atoms with E-state index in [-0.39, 0.29) is 11.1 Å². The highest BCUT2D eigenvalue weighted by Gasteiger charge is 2.13. The van der Waals surface area contributed by atoms with E-state index in [1.807, 2.05) is 20.8 Å². The quantitative estimate of drug-likeness (QED) is 0.894. The Hall–Kier alpha value is -1.75. The lowest BCUT2D eigenvalue weighted by Gasteiger charge is -2.19. The zero-order chi connectivity index (χ0) is 14.0. The molecule has 0 bridgehead atoms. The van der Waals surface area contributed by atoms with Crippen LogP contribution in [0.25, 0.3) is 11.3 Å². The Labute approximate surface area is 111 Å². The smallest absolute Gasteiger partial charge is 0.168 e. The summed E-state index contributed by atoms with van der Waals surface area (Å²) >= 11 is 0. The highest BCUT2D eigenvalue weighted by atomic mass is 19.2. The van der Waals surface area contributed by atoms with Gasteiger partial charge in [0.15, 0.2) is 11.6 Å². The van der Waals surface area contributed by atoms with Crippen molar-refractivity contribution in [3.8, 4) is 11.3 Å². The lowest BCUT2D eigenvalue weighted by atomic mass is 10.1. The van der Waals surface area contributed by atoms with Crippen LogP contribution in [0.5, 0.6) is 0 Å². The molecular formula is C14H17F2N3. The van der Waals surface area contributed by atoms with Crippen LogP contribution in [0.2, 0.25) is 0 Å². The molecule has 19 heavy (non-hydrogen) atoms. The van der Waals surface area contributed by atoms with Crippen LogP contribution >= 0.6 is 0 Å². The van der Waals surface area contributed by atoms with Gasteiger partial charge in [-0.25, -0.2) is 13.8 Å². The van der Waals surface area contributed by atoms with Gasteiger partial charge < -0.3 is 10.3 Å². The van der Waals surface area contributed by atoms with Crippen molar-refractivity contribution in [1.29, 1.82) is 0 Å². The maximum atomic E-state index is 13.6. The number of aromatic amines is 1. The number of rotatable bonds is 3. The van der Waals surface area contributed by atoms with Gasteiger partial charge in [0.05, 0.1) is 18.4 Å². The third-order valence-corrected chi connectivity index (χ3v) is 2.66. The summed E-state index contributed by atoms with van der Waals surface area (Å²) in [5.41, 5.74) is 0.633. The number of halogens is 2. The van der Waals surface area contributed by atoms with Crippen molar-refractivity contribution in [2.24, 2.45) is 0 Å². The fourth-order valence-corrected chi connectivity index (χ4v) is 1.65. The summed E-state index contributed by atoms with van der Waals surface area (Å²) in [4.78, 5) is 7.15. The van der Waals surface area contributed by atoms with E-state index in [0.717, 1.165) is 6.07 Å². The molecule has 0 aliphatic carbocycles. The predicted molar refractivity (Wildman–Crippen MR) is 70.5 cm³/mol. The Kier molecular flexibility index (Phi) is 3.66. The molecule has 0 unspecified atom stereocenters. The van der Waals surface area contributed by atoms with E-state index in [1.165, 1.54) is 18.3 Å². The summed E-state index contributed by atoms with van der Waals surface area (Å²) < 4.78 is 26.8. The molecule has 2 N–H and O–H groups in total. The topological polar surface area (TPSA) is 40.7 Å². The number of nitrogens with one attached hydrogen (secondary N) is 2. The minimum Gasteiger partial charge on any atom is -0.341 e. The number of imidazole rings is 1. The zero-order valence-corrected chi connectivity index (χ0v) is 11.2. The molecule has 3 nitrogen and oxygen atoms in total. The Morgan fingerprint density at radius 3 is 2.68 bits per heavy atom. The van der Waals surface area contributed by atoms with Crippen LogP contribution < -0.4 is 5.32 Å². The monoisotopic (exact) mass is 265 g/mol. The SMILES string of the molecule is CC(C)(C)NCc1ncc(-c2cccc(F)c2F)[nH]1. The summed E-state index contributed by atoms with van der Waals surface area (Å²) in [6.45, 7) is 6.68. The van der Waals surface area contributed by atoms with Gasteiger partial charge in [0.2, 0.25) is 0 Å². The van der Waals surface area contributed by atoms with Crippen molar-refractivity contribution < 1.29 is 8.78 Å². The molecule has 2 aromatic rings. The normalized spacial score (nSPS) is 11.8. The van der Waals surface area contributed by atoms with E-state index < -0.39 is 11.6 Å². The van der Waals surface area contributed by atoms with E-state index in [4.69, 9.17) is 0 Å². The van der Waals surface area contributed by atoms with Gasteiger partial charge in [-0.05, 0) is 32.9 Å². The summed E-state index contributed by atoms with van der Waals surface area (Å²) in [5.74, 6) is -1.03. The van der Waals surface area contributed by atoms with Gasteiger partial charge in [-0.1, -0.05) is 6.07 Å². The maximum absolute atomic E-state index is 13.6. The number of benzene rings is 1. The molecule has 0 spiro atoms. The van der Waals surface area contributed by atoms with Crippen LogP contribution in [0.1, 0.15) is 26.6 Å². The predicted octanol–water partition coefficient (Wildman–Crippen LogP) is 3.24. The highest BCUT2D eigenvalue weighted by Crippen LogP contribution is 2.22. The van der Waals surface area contributed by atoms with Crippen LogP contribution in [-0.4, -0.2) is 15.5 Å². The summed E-state index contributed by atoms with van der Waals surface area (Å²) in [5, 5.41) is 3.27. The summed E-state index contributed by atoms with van der Waals surface area (Å²) in [6.07, 6.45) is 1.51. The molecule has 5 heteroatoms. The van der Waals surface area contributed by atoms with E-state index in [0.29, 0.717) is 18.1 Å². The molecule has 0 aliphatic rings. The van der Waals surface area contributed by atoms with E-state index in [9.17, 15) is 8.78 Å². The molecule has 102 valence electrons. The molecule has 0 radical (unpaired) electrons. The van der Waals surface area contributed by atoms with Gasteiger partial charge >= 0.3 is 0 Å². The highest BCUT2D eigenvalue weighted by molar-refractivity contribution is 5.59. The van der Waals surface area contributed by atoms with Crippen LogP contribution in [0.15, 0.2) is 24.4 Å². The van der Waals surface area contributed by atoms with Crippen LogP contribution in [0.3, 0.4) is 0 Å². The maximum Gasteiger partial charge on any atom is 0.168 e. The fraction of sp³-hybridized carbons (Fsp3) is 0.357. The summed E-state index contributed by atoms with van der Waals surface area (Å²) in [6, 6.07) is 4.09. The Bertz CT molecular complexity index is 570. The number of aromatic nitrogens is 2.